The lowest BCUT2D eigenvalue weighted by Crippen LogP contribution is -2.46. The van der Waals surface area contributed by atoms with Crippen LogP contribution in [0.2, 0.25) is 0 Å². The topological polar surface area (TPSA) is 71.5 Å². The number of carbonyl (C=O) groups is 2. The average molecular weight is 319 g/mol. The van der Waals surface area contributed by atoms with Crippen molar-refractivity contribution in [1.82, 2.24) is 10.3 Å². The predicted molar refractivity (Wildman–Crippen MR) is 88.4 cm³/mol. The highest BCUT2D eigenvalue weighted by Crippen LogP contribution is 2.36. The summed E-state index contributed by atoms with van der Waals surface area (Å²) in [7, 11) is 3.03. The molecule has 1 fully saturated rings. The van der Waals surface area contributed by atoms with Crippen molar-refractivity contribution < 1.29 is 14.3 Å². The van der Waals surface area contributed by atoms with Crippen LogP contribution in [0.1, 0.15) is 37.0 Å². The van der Waals surface area contributed by atoms with Crippen molar-refractivity contribution in [3.8, 4) is 0 Å². The fourth-order valence-electron chi connectivity index (χ4n) is 3.15. The number of nitrogens with one attached hydrogen (secondary N) is 1. The van der Waals surface area contributed by atoms with Crippen LogP contribution in [0.3, 0.4) is 0 Å². The Labute approximate surface area is 137 Å². The first-order valence-corrected chi connectivity index (χ1v) is 7.92. The van der Waals surface area contributed by atoms with Crippen LogP contribution in [0.25, 0.3) is 0 Å². The van der Waals surface area contributed by atoms with Crippen LogP contribution < -0.4 is 10.2 Å². The molecule has 0 bridgehead atoms. The number of hydrogen-bond donors (Lipinski definition) is 1. The molecule has 1 saturated heterocycles. The van der Waals surface area contributed by atoms with Gasteiger partial charge < -0.3 is 15.0 Å². The van der Waals surface area contributed by atoms with Gasteiger partial charge in [0.05, 0.1) is 18.1 Å². The van der Waals surface area contributed by atoms with Crippen molar-refractivity contribution in [2.45, 2.75) is 26.7 Å². The van der Waals surface area contributed by atoms with Gasteiger partial charge in [0.1, 0.15) is 5.82 Å². The van der Waals surface area contributed by atoms with Crippen LogP contribution in [-0.2, 0) is 9.53 Å². The largest absolute Gasteiger partial charge is 0.469 e. The summed E-state index contributed by atoms with van der Waals surface area (Å²) in [6, 6.07) is 3.53. The van der Waals surface area contributed by atoms with Crippen LogP contribution in [0.15, 0.2) is 18.3 Å². The molecule has 6 nitrogen and oxygen atoms in total. The number of esters is 1. The molecule has 1 aliphatic heterocycles. The third-order valence-electron chi connectivity index (χ3n) is 4.71. The van der Waals surface area contributed by atoms with Crippen molar-refractivity contribution >= 4 is 17.7 Å². The normalized spacial score (nSPS) is 18.4. The maximum Gasteiger partial charge on any atom is 0.311 e. The number of rotatable bonds is 4. The van der Waals surface area contributed by atoms with Gasteiger partial charge in [0.25, 0.3) is 5.91 Å². The number of anilines is 1. The molecule has 1 amide bonds. The molecule has 23 heavy (non-hydrogen) atoms. The fourth-order valence-corrected chi connectivity index (χ4v) is 3.15. The Balaban J connectivity index is 2.26. The van der Waals surface area contributed by atoms with Crippen LogP contribution in [0, 0.1) is 11.3 Å². The maximum atomic E-state index is 12.1. The minimum atomic E-state index is -0.560. The molecular formula is C17H25N3O3. The smallest absolute Gasteiger partial charge is 0.311 e. The van der Waals surface area contributed by atoms with Crippen LogP contribution in [-0.4, -0.2) is 44.1 Å². The lowest BCUT2D eigenvalue weighted by atomic mass is 9.74. The second-order valence-electron chi connectivity index (χ2n) is 6.45. The summed E-state index contributed by atoms with van der Waals surface area (Å²) in [6.07, 6.45) is 3.60. The predicted octanol–water partition coefficient (Wildman–Crippen LogP) is 1.86. The van der Waals surface area contributed by atoms with E-state index in [1.807, 2.05) is 13.8 Å². The lowest BCUT2D eigenvalue weighted by Gasteiger charge is -2.40. The van der Waals surface area contributed by atoms with Gasteiger partial charge in [-0.05, 0) is 44.7 Å². The molecule has 6 heteroatoms. The summed E-state index contributed by atoms with van der Waals surface area (Å²) in [5, 5.41) is 2.65. The van der Waals surface area contributed by atoms with Gasteiger partial charge in [0.2, 0.25) is 0 Å². The number of methoxy groups -OCH3 is 1. The van der Waals surface area contributed by atoms with Crippen LogP contribution >= 0.6 is 0 Å². The molecule has 0 spiro atoms. The van der Waals surface area contributed by atoms with E-state index in [4.69, 9.17) is 4.74 Å². The Bertz CT molecular complexity index is 586. The standard InChI is InChI=1S/C17H25N3O3/c1-17(2,16(22)23-4)12-7-6-10-20(11-12)14-13(15(21)18-3)8-5-9-19-14/h5,8-9,12H,6-7,10-11H2,1-4H3,(H,18,21). The Hall–Kier alpha value is -2.11. The quantitative estimate of drug-likeness (QED) is 0.858. The molecule has 1 aromatic heterocycles. The lowest BCUT2D eigenvalue weighted by molar-refractivity contribution is -0.154. The van der Waals surface area contributed by atoms with Gasteiger partial charge in [-0.15, -0.1) is 0 Å². The molecule has 126 valence electrons. The second kappa shape index (κ2) is 6.98. The SMILES string of the molecule is CNC(=O)c1cccnc1N1CCCC(C(C)(C)C(=O)OC)C1. The summed E-state index contributed by atoms with van der Waals surface area (Å²) >= 11 is 0. The maximum absolute atomic E-state index is 12.1. The van der Waals surface area contributed by atoms with Crippen molar-refractivity contribution in [1.29, 1.82) is 0 Å². The summed E-state index contributed by atoms with van der Waals surface area (Å²) in [6.45, 7) is 5.36. The third kappa shape index (κ3) is 3.46. The highest BCUT2D eigenvalue weighted by molar-refractivity contribution is 5.98. The first-order chi connectivity index (χ1) is 10.9. The number of ether oxygens (including phenoxy) is 1. The van der Waals surface area contributed by atoms with E-state index >= 15 is 0 Å². The van der Waals surface area contributed by atoms with Gasteiger partial charge in [-0.3, -0.25) is 9.59 Å². The summed E-state index contributed by atoms with van der Waals surface area (Å²) in [5.41, 5.74) is 0.00146. The van der Waals surface area contributed by atoms with Gasteiger partial charge >= 0.3 is 5.97 Å². The molecule has 2 heterocycles. The summed E-state index contributed by atoms with van der Waals surface area (Å²) < 4.78 is 4.95. The highest BCUT2D eigenvalue weighted by atomic mass is 16.5. The monoisotopic (exact) mass is 319 g/mol. The Morgan fingerprint density at radius 1 is 1.43 bits per heavy atom. The van der Waals surface area contributed by atoms with Crippen LogP contribution in [0.4, 0.5) is 5.82 Å². The number of pyridine rings is 1. The van der Waals surface area contributed by atoms with E-state index in [1.54, 1.807) is 25.4 Å². The minimum Gasteiger partial charge on any atom is -0.469 e. The fraction of sp³-hybridized carbons (Fsp3) is 0.588. The molecule has 0 aliphatic carbocycles. The van der Waals surface area contributed by atoms with E-state index in [-0.39, 0.29) is 17.8 Å². The number of hydrogen-bond acceptors (Lipinski definition) is 5. The highest BCUT2D eigenvalue weighted by Gasteiger charge is 2.40. The molecular weight excluding hydrogens is 294 g/mol. The van der Waals surface area contributed by atoms with Gasteiger partial charge in [0, 0.05) is 26.3 Å². The number of piperidine rings is 1. The summed E-state index contributed by atoms with van der Waals surface area (Å²) in [4.78, 5) is 30.6. The second-order valence-corrected chi connectivity index (χ2v) is 6.45. The molecule has 0 saturated carbocycles. The van der Waals surface area contributed by atoms with Gasteiger partial charge in [-0.2, -0.15) is 0 Å². The van der Waals surface area contributed by atoms with E-state index in [0.29, 0.717) is 17.9 Å². The summed E-state index contributed by atoms with van der Waals surface area (Å²) in [5.74, 6) is 0.486. The molecule has 0 radical (unpaired) electrons. The molecule has 1 aliphatic rings. The van der Waals surface area contributed by atoms with E-state index in [9.17, 15) is 9.59 Å². The molecule has 2 rings (SSSR count). The van der Waals surface area contributed by atoms with Crippen molar-refractivity contribution in [3.63, 3.8) is 0 Å². The first kappa shape index (κ1) is 17.2. The van der Waals surface area contributed by atoms with Gasteiger partial charge in [-0.25, -0.2) is 4.98 Å². The van der Waals surface area contributed by atoms with Crippen molar-refractivity contribution in [3.05, 3.63) is 23.9 Å². The third-order valence-corrected chi connectivity index (χ3v) is 4.71. The molecule has 0 aromatic carbocycles. The first-order valence-electron chi connectivity index (χ1n) is 7.92. The molecule has 1 unspecified atom stereocenters. The Morgan fingerprint density at radius 3 is 2.83 bits per heavy atom. The van der Waals surface area contributed by atoms with Crippen molar-refractivity contribution in [2.75, 3.05) is 32.1 Å². The number of aromatic nitrogens is 1. The van der Waals surface area contributed by atoms with Crippen molar-refractivity contribution in [2.24, 2.45) is 11.3 Å². The van der Waals surface area contributed by atoms with Gasteiger partial charge in [-0.1, -0.05) is 0 Å². The average Bonchev–Trinajstić information content (AvgIpc) is 2.60. The molecule has 1 N–H and O–H groups in total. The zero-order valence-corrected chi connectivity index (χ0v) is 14.3. The van der Waals surface area contributed by atoms with E-state index in [1.165, 1.54) is 7.11 Å². The Morgan fingerprint density at radius 2 is 2.17 bits per heavy atom. The van der Waals surface area contributed by atoms with Gasteiger partial charge in [0.15, 0.2) is 0 Å². The van der Waals surface area contributed by atoms with E-state index in [2.05, 4.69) is 15.2 Å². The molecule has 1 aromatic rings. The Kier molecular flexibility index (Phi) is 5.23. The zero-order valence-electron chi connectivity index (χ0n) is 14.3. The number of amides is 1. The van der Waals surface area contributed by atoms with Crippen LogP contribution in [0.5, 0.6) is 0 Å². The number of carbonyl (C=O) groups excluding carboxylic acids is 2. The molecule has 1 atom stereocenters. The number of nitrogens with zero attached hydrogens (tertiary/aromatic N) is 2. The van der Waals surface area contributed by atoms with E-state index in [0.717, 1.165) is 19.4 Å². The minimum absolute atomic E-state index is 0.151. The zero-order chi connectivity index (χ0) is 17.0. The van der Waals surface area contributed by atoms with E-state index < -0.39 is 5.41 Å².